The van der Waals surface area contributed by atoms with Crippen LogP contribution in [-0.2, 0) is 0 Å². The molecule has 0 aliphatic heterocycles. The Morgan fingerprint density at radius 1 is 1.32 bits per heavy atom. The maximum atomic E-state index is 10.2. The first-order valence-electron chi connectivity index (χ1n) is 7.04. The van der Waals surface area contributed by atoms with Crippen LogP contribution in [0.15, 0.2) is 41.4 Å². The van der Waals surface area contributed by atoms with E-state index < -0.39 is 6.10 Å². The van der Waals surface area contributed by atoms with Gasteiger partial charge in [-0.15, -0.1) is 0 Å². The standard InChI is InChI=1S/C17H25NO/c1-4-9-14(2)17(19)16(18-3)13-8-12-15-10-6-5-7-11-15/h5-8,10-12,14,16-17,19H,3-4,9,13H2,1-2H3/b12-8+. The van der Waals surface area contributed by atoms with E-state index in [9.17, 15) is 5.11 Å². The molecule has 0 bridgehead atoms. The third-order valence-corrected chi connectivity index (χ3v) is 3.44. The number of aliphatic hydroxyl groups is 1. The lowest BCUT2D eigenvalue weighted by Crippen LogP contribution is -2.30. The van der Waals surface area contributed by atoms with Gasteiger partial charge in [-0.1, -0.05) is 62.8 Å². The van der Waals surface area contributed by atoms with E-state index in [1.165, 1.54) is 5.56 Å². The zero-order valence-corrected chi connectivity index (χ0v) is 12.0. The Morgan fingerprint density at radius 2 is 2.00 bits per heavy atom. The summed E-state index contributed by atoms with van der Waals surface area (Å²) in [6.07, 6.45) is 6.56. The number of rotatable bonds is 8. The third kappa shape index (κ3) is 5.39. The predicted molar refractivity (Wildman–Crippen MR) is 83.5 cm³/mol. The molecular weight excluding hydrogens is 234 g/mol. The second-order valence-corrected chi connectivity index (χ2v) is 5.06. The minimum absolute atomic E-state index is 0.110. The Hall–Kier alpha value is -1.41. The smallest absolute Gasteiger partial charge is 0.0791 e. The number of aliphatic hydroxyl groups excluding tert-OH is 1. The lowest BCUT2D eigenvalue weighted by Gasteiger charge is -2.23. The van der Waals surface area contributed by atoms with Crippen LogP contribution in [0.5, 0.6) is 0 Å². The second kappa shape index (κ2) is 8.65. The van der Waals surface area contributed by atoms with Crippen molar-refractivity contribution in [3.8, 4) is 0 Å². The summed E-state index contributed by atoms with van der Waals surface area (Å²) < 4.78 is 0. The highest BCUT2D eigenvalue weighted by atomic mass is 16.3. The lowest BCUT2D eigenvalue weighted by atomic mass is 9.92. The van der Waals surface area contributed by atoms with Gasteiger partial charge >= 0.3 is 0 Å². The van der Waals surface area contributed by atoms with Crippen molar-refractivity contribution in [3.05, 3.63) is 42.0 Å². The maximum absolute atomic E-state index is 10.2. The molecule has 0 aliphatic rings. The number of hydrogen-bond acceptors (Lipinski definition) is 2. The quantitative estimate of drug-likeness (QED) is 0.704. The van der Waals surface area contributed by atoms with E-state index in [1.807, 2.05) is 18.2 Å². The highest BCUT2D eigenvalue weighted by Gasteiger charge is 2.21. The van der Waals surface area contributed by atoms with E-state index in [0.29, 0.717) is 0 Å². The van der Waals surface area contributed by atoms with E-state index in [2.05, 4.69) is 49.8 Å². The normalized spacial score (nSPS) is 16.2. The molecule has 3 atom stereocenters. The maximum Gasteiger partial charge on any atom is 0.0791 e. The van der Waals surface area contributed by atoms with Crippen LogP contribution in [0.3, 0.4) is 0 Å². The number of benzene rings is 1. The molecule has 2 heteroatoms. The Bertz CT molecular complexity index is 386. The van der Waals surface area contributed by atoms with Gasteiger partial charge in [0.2, 0.25) is 0 Å². The minimum atomic E-state index is -0.405. The van der Waals surface area contributed by atoms with Crippen molar-refractivity contribution in [2.75, 3.05) is 0 Å². The molecular formula is C17H25NO. The molecule has 1 N–H and O–H groups in total. The first kappa shape index (κ1) is 15.6. The minimum Gasteiger partial charge on any atom is -0.391 e. The number of nitrogens with zero attached hydrogens (tertiary/aromatic N) is 1. The van der Waals surface area contributed by atoms with Gasteiger partial charge in [-0.2, -0.15) is 0 Å². The topological polar surface area (TPSA) is 32.6 Å². The van der Waals surface area contributed by atoms with E-state index in [-0.39, 0.29) is 12.0 Å². The Balaban J connectivity index is 2.53. The first-order valence-corrected chi connectivity index (χ1v) is 7.04. The predicted octanol–water partition coefficient (Wildman–Crippen LogP) is 3.96. The molecule has 19 heavy (non-hydrogen) atoms. The summed E-state index contributed by atoms with van der Waals surface area (Å²) in [7, 11) is 0. The summed E-state index contributed by atoms with van der Waals surface area (Å²) in [5, 5.41) is 10.2. The van der Waals surface area contributed by atoms with Gasteiger partial charge in [-0.3, -0.25) is 4.99 Å². The van der Waals surface area contributed by atoms with Gasteiger partial charge in [-0.05, 0) is 31.0 Å². The van der Waals surface area contributed by atoms with Crippen LogP contribution in [0.4, 0.5) is 0 Å². The van der Waals surface area contributed by atoms with E-state index in [1.54, 1.807) is 0 Å². The van der Waals surface area contributed by atoms with Gasteiger partial charge in [0.15, 0.2) is 0 Å². The summed E-state index contributed by atoms with van der Waals surface area (Å²) in [6.45, 7) is 7.82. The first-order chi connectivity index (χ1) is 9.19. The molecule has 1 aromatic carbocycles. The second-order valence-electron chi connectivity index (χ2n) is 5.06. The fourth-order valence-electron chi connectivity index (χ4n) is 2.23. The zero-order valence-electron chi connectivity index (χ0n) is 12.0. The van der Waals surface area contributed by atoms with Crippen LogP contribution in [0, 0.1) is 5.92 Å². The Kier molecular flexibility index (Phi) is 7.12. The summed E-state index contributed by atoms with van der Waals surface area (Å²) in [6, 6.07) is 10.0. The molecule has 1 rings (SSSR count). The molecule has 104 valence electrons. The largest absolute Gasteiger partial charge is 0.391 e. The molecule has 0 aromatic heterocycles. The van der Waals surface area contributed by atoms with Crippen molar-refractivity contribution in [1.82, 2.24) is 0 Å². The summed E-state index contributed by atoms with van der Waals surface area (Å²) in [5.41, 5.74) is 1.17. The monoisotopic (exact) mass is 259 g/mol. The van der Waals surface area contributed by atoms with Crippen LogP contribution in [0.1, 0.15) is 38.7 Å². The average molecular weight is 259 g/mol. The van der Waals surface area contributed by atoms with Crippen molar-refractivity contribution in [2.24, 2.45) is 10.9 Å². The number of hydrogen-bond donors (Lipinski definition) is 1. The third-order valence-electron chi connectivity index (χ3n) is 3.44. The fourth-order valence-corrected chi connectivity index (χ4v) is 2.23. The highest BCUT2D eigenvalue weighted by molar-refractivity contribution is 5.48. The van der Waals surface area contributed by atoms with Crippen LogP contribution in [-0.4, -0.2) is 24.0 Å². The zero-order chi connectivity index (χ0) is 14.1. The molecule has 0 aliphatic carbocycles. The molecule has 0 spiro atoms. The van der Waals surface area contributed by atoms with Gasteiger partial charge in [0.25, 0.3) is 0 Å². The Labute approximate surface area is 116 Å². The van der Waals surface area contributed by atoms with Crippen molar-refractivity contribution >= 4 is 12.8 Å². The summed E-state index contributed by atoms with van der Waals surface area (Å²) in [5.74, 6) is 0.269. The van der Waals surface area contributed by atoms with E-state index >= 15 is 0 Å². The highest BCUT2D eigenvalue weighted by Crippen LogP contribution is 2.18. The number of aliphatic imine (C=N–C) groups is 1. The van der Waals surface area contributed by atoms with Crippen molar-refractivity contribution in [1.29, 1.82) is 0 Å². The Morgan fingerprint density at radius 3 is 2.58 bits per heavy atom. The van der Waals surface area contributed by atoms with Crippen LogP contribution in [0.25, 0.3) is 6.08 Å². The molecule has 0 radical (unpaired) electrons. The molecule has 0 saturated heterocycles. The van der Waals surface area contributed by atoms with Gasteiger partial charge in [0.05, 0.1) is 12.1 Å². The van der Waals surface area contributed by atoms with Gasteiger partial charge in [0.1, 0.15) is 0 Å². The van der Waals surface area contributed by atoms with Crippen molar-refractivity contribution in [2.45, 2.75) is 45.3 Å². The molecule has 0 fully saturated rings. The molecule has 0 heterocycles. The lowest BCUT2D eigenvalue weighted by molar-refractivity contribution is 0.0873. The van der Waals surface area contributed by atoms with Crippen molar-refractivity contribution < 1.29 is 5.11 Å². The fraction of sp³-hybridized carbons (Fsp3) is 0.471. The van der Waals surface area contributed by atoms with Gasteiger partial charge in [0, 0.05) is 0 Å². The molecule has 0 amide bonds. The van der Waals surface area contributed by atoms with Gasteiger partial charge in [-0.25, -0.2) is 0 Å². The molecule has 2 nitrogen and oxygen atoms in total. The van der Waals surface area contributed by atoms with Crippen LogP contribution < -0.4 is 0 Å². The van der Waals surface area contributed by atoms with Gasteiger partial charge < -0.3 is 5.11 Å². The molecule has 0 saturated carbocycles. The molecule has 3 unspecified atom stereocenters. The molecule has 1 aromatic rings. The van der Waals surface area contributed by atoms with E-state index in [4.69, 9.17) is 0 Å². The van der Waals surface area contributed by atoms with E-state index in [0.717, 1.165) is 19.3 Å². The summed E-state index contributed by atoms with van der Waals surface area (Å²) in [4.78, 5) is 4.07. The SMILES string of the molecule is C=NC(C/C=C/c1ccccc1)C(O)C(C)CCC. The van der Waals surface area contributed by atoms with Crippen molar-refractivity contribution in [3.63, 3.8) is 0 Å². The van der Waals surface area contributed by atoms with Crippen LogP contribution >= 0.6 is 0 Å². The summed E-state index contributed by atoms with van der Waals surface area (Å²) >= 11 is 0. The average Bonchev–Trinajstić information content (AvgIpc) is 2.44. The van der Waals surface area contributed by atoms with Crippen LogP contribution in [0.2, 0.25) is 0 Å².